The predicted molar refractivity (Wildman–Crippen MR) is 111 cm³/mol. The number of benzene rings is 3. The highest BCUT2D eigenvalue weighted by atomic mass is 16.5. The maximum absolute atomic E-state index is 6.31. The lowest BCUT2D eigenvalue weighted by Gasteiger charge is -2.38. The van der Waals surface area contributed by atoms with Crippen molar-refractivity contribution >= 4 is 10.8 Å². The van der Waals surface area contributed by atoms with E-state index in [1.54, 1.807) is 0 Å². The molecule has 0 amide bonds. The van der Waals surface area contributed by atoms with Crippen molar-refractivity contribution in [1.29, 1.82) is 0 Å². The quantitative estimate of drug-likeness (QED) is 0.639. The normalized spacial score (nSPS) is 18.0. The van der Waals surface area contributed by atoms with Gasteiger partial charge in [0.05, 0.1) is 0 Å². The monoisotopic (exact) mass is 361 g/mol. The number of fused-ring (bicyclic) bond motifs is 2. The zero-order valence-electron chi connectivity index (χ0n) is 16.3. The molecule has 3 heteroatoms. The first-order valence-corrected chi connectivity index (χ1v) is 9.65. The molecule has 3 nitrogen and oxygen atoms in total. The smallest absolute Gasteiger partial charge is 0.127 e. The first kappa shape index (κ1) is 17.9. The van der Waals surface area contributed by atoms with Crippen molar-refractivity contribution in [2.24, 2.45) is 0 Å². The minimum Gasteiger partial charge on any atom is -0.492 e. The summed E-state index contributed by atoms with van der Waals surface area (Å²) in [7, 11) is 1.93. The highest BCUT2D eigenvalue weighted by Crippen LogP contribution is 2.45. The third kappa shape index (κ3) is 3.79. The summed E-state index contributed by atoms with van der Waals surface area (Å²) in [4.78, 5) is 0. The standard InChI is InChI=1S/C24H27NO2/c1-24(2)16-22(19-9-8-17-6-4-5-7-18(17)14-19)21-11-10-20(15-23(21)27-24)26-13-12-25-3/h4-11,14-15,22,25H,12-13,16H2,1-3H3. The van der Waals surface area contributed by atoms with Gasteiger partial charge in [0, 0.05) is 24.1 Å². The molecule has 1 aliphatic rings. The molecule has 0 bridgehead atoms. The molecule has 1 N–H and O–H groups in total. The summed E-state index contributed by atoms with van der Waals surface area (Å²) in [6.07, 6.45) is 0.957. The lowest BCUT2D eigenvalue weighted by Crippen LogP contribution is -2.35. The van der Waals surface area contributed by atoms with Crippen molar-refractivity contribution in [3.05, 3.63) is 71.8 Å². The average molecular weight is 361 g/mol. The van der Waals surface area contributed by atoms with Crippen LogP contribution in [0.4, 0.5) is 0 Å². The summed E-state index contributed by atoms with van der Waals surface area (Å²) in [5.74, 6) is 2.12. The fourth-order valence-corrected chi connectivity index (χ4v) is 3.91. The lowest BCUT2D eigenvalue weighted by molar-refractivity contribution is 0.0770. The Bertz CT molecular complexity index is 948. The first-order chi connectivity index (χ1) is 13.1. The Kier molecular flexibility index (Phi) is 4.79. The van der Waals surface area contributed by atoms with Gasteiger partial charge in [-0.05, 0) is 49.7 Å². The molecule has 27 heavy (non-hydrogen) atoms. The topological polar surface area (TPSA) is 30.5 Å². The number of likely N-dealkylation sites (N-methyl/N-ethyl adjacent to an activating group) is 1. The van der Waals surface area contributed by atoms with E-state index in [9.17, 15) is 0 Å². The van der Waals surface area contributed by atoms with E-state index in [4.69, 9.17) is 9.47 Å². The molecule has 1 heterocycles. The van der Waals surface area contributed by atoms with Crippen LogP contribution in [0.1, 0.15) is 37.3 Å². The Hall–Kier alpha value is -2.52. The van der Waals surface area contributed by atoms with Gasteiger partial charge in [-0.15, -0.1) is 0 Å². The fraction of sp³-hybridized carbons (Fsp3) is 0.333. The number of nitrogens with one attached hydrogen (secondary N) is 1. The molecule has 0 spiro atoms. The second-order valence-electron chi connectivity index (χ2n) is 7.88. The summed E-state index contributed by atoms with van der Waals surface area (Å²) in [5, 5.41) is 5.66. The molecule has 3 aromatic rings. The molecule has 3 aromatic carbocycles. The van der Waals surface area contributed by atoms with Crippen LogP contribution in [0.15, 0.2) is 60.7 Å². The molecule has 1 aliphatic heterocycles. The molecule has 1 unspecified atom stereocenters. The van der Waals surface area contributed by atoms with Gasteiger partial charge in [0.25, 0.3) is 0 Å². The Morgan fingerprint density at radius 3 is 2.67 bits per heavy atom. The van der Waals surface area contributed by atoms with Gasteiger partial charge in [-0.2, -0.15) is 0 Å². The molecule has 140 valence electrons. The van der Waals surface area contributed by atoms with E-state index in [-0.39, 0.29) is 5.60 Å². The SMILES string of the molecule is CNCCOc1ccc2c(c1)OC(C)(C)CC2c1ccc2ccccc2c1. The highest BCUT2D eigenvalue weighted by molar-refractivity contribution is 5.83. The summed E-state index contributed by atoms with van der Waals surface area (Å²) >= 11 is 0. The highest BCUT2D eigenvalue weighted by Gasteiger charge is 2.34. The number of hydrogen-bond acceptors (Lipinski definition) is 3. The number of ether oxygens (including phenoxy) is 2. The third-order valence-electron chi connectivity index (χ3n) is 5.24. The number of rotatable bonds is 5. The first-order valence-electron chi connectivity index (χ1n) is 9.65. The lowest BCUT2D eigenvalue weighted by atomic mass is 9.79. The average Bonchev–Trinajstić information content (AvgIpc) is 2.66. The largest absolute Gasteiger partial charge is 0.492 e. The Morgan fingerprint density at radius 1 is 1.04 bits per heavy atom. The van der Waals surface area contributed by atoms with Crippen LogP contribution in [-0.2, 0) is 0 Å². The molecular formula is C24H27NO2. The maximum Gasteiger partial charge on any atom is 0.127 e. The maximum atomic E-state index is 6.31. The molecule has 0 aliphatic carbocycles. The zero-order chi connectivity index (χ0) is 18.9. The fourth-order valence-electron chi connectivity index (χ4n) is 3.91. The summed E-state index contributed by atoms with van der Waals surface area (Å²) in [5.41, 5.74) is 2.37. The van der Waals surface area contributed by atoms with Crippen LogP contribution in [0, 0.1) is 0 Å². The Labute approximate surface area is 161 Å². The van der Waals surface area contributed by atoms with E-state index in [0.29, 0.717) is 12.5 Å². The van der Waals surface area contributed by atoms with Crippen molar-refractivity contribution in [2.75, 3.05) is 20.2 Å². The van der Waals surface area contributed by atoms with Crippen LogP contribution >= 0.6 is 0 Å². The van der Waals surface area contributed by atoms with Gasteiger partial charge in [-0.25, -0.2) is 0 Å². The zero-order valence-corrected chi connectivity index (χ0v) is 16.3. The van der Waals surface area contributed by atoms with Gasteiger partial charge in [0.15, 0.2) is 0 Å². The van der Waals surface area contributed by atoms with Gasteiger partial charge in [-0.3, -0.25) is 0 Å². The molecule has 0 aromatic heterocycles. The molecule has 4 rings (SSSR count). The van der Waals surface area contributed by atoms with Crippen LogP contribution in [0.5, 0.6) is 11.5 Å². The van der Waals surface area contributed by atoms with E-state index in [0.717, 1.165) is 24.5 Å². The van der Waals surface area contributed by atoms with Crippen LogP contribution in [0.2, 0.25) is 0 Å². The van der Waals surface area contributed by atoms with Gasteiger partial charge < -0.3 is 14.8 Å². The molecular weight excluding hydrogens is 334 g/mol. The van der Waals surface area contributed by atoms with Crippen molar-refractivity contribution in [3.8, 4) is 11.5 Å². The van der Waals surface area contributed by atoms with E-state index in [2.05, 4.69) is 73.8 Å². The van der Waals surface area contributed by atoms with Gasteiger partial charge in [0.1, 0.15) is 23.7 Å². The van der Waals surface area contributed by atoms with Crippen molar-refractivity contribution in [1.82, 2.24) is 5.32 Å². The van der Waals surface area contributed by atoms with Crippen LogP contribution in [0.25, 0.3) is 10.8 Å². The molecule has 0 saturated heterocycles. The van der Waals surface area contributed by atoms with E-state index in [1.165, 1.54) is 21.9 Å². The van der Waals surface area contributed by atoms with E-state index >= 15 is 0 Å². The molecule has 0 radical (unpaired) electrons. The van der Waals surface area contributed by atoms with Crippen molar-refractivity contribution in [3.63, 3.8) is 0 Å². The van der Waals surface area contributed by atoms with Gasteiger partial charge in [-0.1, -0.05) is 48.5 Å². The third-order valence-corrected chi connectivity index (χ3v) is 5.24. The summed E-state index contributed by atoms with van der Waals surface area (Å²) in [6.45, 7) is 5.80. The predicted octanol–water partition coefficient (Wildman–Crippen LogP) is 5.13. The van der Waals surface area contributed by atoms with Crippen LogP contribution in [-0.4, -0.2) is 25.8 Å². The summed E-state index contributed by atoms with van der Waals surface area (Å²) in [6, 6.07) is 21.6. The second-order valence-corrected chi connectivity index (χ2v) is 7.88. The molecule has 0 fully saturated rings. The Morgan fingerprint density at radius 2 is 1.85 bits per heavy atom. The van der Waals surface area contributed by atoms with Crippen LogP contribution < -0.4 is 14.8 Å². The number of hydrogen-bond donors (Lipinski definition) is 1. The van der Waals surface area contributed by atoms with E-state index in [1.807, 2.05) is 13.1 Å². The van der Waals surface area contributed by atoms with Crippen molar-refractivity contribution < 1.29 is 9.47 Å². The van der Waals surface area contributed by atoms with E-state index < -0.39 is 0 Å². The van der Waals surface area contributed by atoms with Gasteiger partial charge in [0.2, 0.25) is 0 Å². The van der Waals surface area contributed by atoms with Gasteiger partial charge >= 0.3 is 0 Å². The Balaban J connectivity index is 1.71. The second kappa shape index (κ2) is 7.24. The minimum atomic E-state index is -0.215. The molecule has 1 atom stereocenters. The summed E-state index contributed by atoms with van der Waals surface area (Å²) < 4.78 is 12.1. The molecule has 0 saturated carbocycles. The minimum absolute atomic E-state index is 0.215. The van der Waals surface area contributed by atoms with Crippen LogP contribution in [0.3, 0.4) is 0 Å². The van der Waals surface area contributed by atoms with Crippen molar-refractivity contribution in [2.45, 2.75) is 31.8 Å².